The van der Waals surface area contributed by atoms with Crippen molar-refractivity contribution < 1.29 is 4.79 Å². The molecule has 9 heavy (non-hydrogen) atoms. The summed E-state index contributed by atoms with van der Waals surface area (Å²) >= 11 is 6.72. The number of carbonyl (C=O) groups excluding carboxylic acids is 1. The Balaban J connectivity index is 3.16. The molecule has 3 heteroatoms. The standard InChI is InChI=1S/C6H11ClOS/c1-3-5(2)9-4-6(7)8/h5H,3-4H2,1-2H3. The molecule has 1 atom stereocenters. The fourth-order valence-corrected chi connectivity index (χ4v) is 1.17. The quantitative estimate of drug-likeness (QED) is 0.597. The van der Waals surface area contributed by atoms with Crippen LogP contribution in [0.2, 0.25) is 0 Å². The van der Waals surface area contributed by atoms with Gasteiger partial charge in [0.25, 0.3) is 0 Å². The van der Waals surface area contributed by atoms with Crippen molar-refractivity contribution in [2.45, 2.75) is 25.5 Å². The van der Waals surface area contributed by atoms with Crippen molar-refractivity contribution in [3.63, 3.8) is 0 Å². The number of rotatable bonds is 4. The third kappa shape index (κ3) is 6.19. The van der Waals surface area contributed by atoms with E-state index in [0.29, 0.717) is 11.0 Å². The number of hydrogen-bond donors (Lipinski definition) is 0. The van der Waals surface area contributed by atoms with E-state index in [9.17, 15) is 4.79 Å². The van der Waals surface area contributed by atoms with Gasteiger partial charge in [-0.1, -0.05) is 13.8 Å². The third-order valence-corrected chi connectivity index (χ3v) is 2.68. The van der Waals surface area contributed by atoms with Crippen LogP contribution in [-0.2, 0) is 4.79 Å². The van der Waals surface area contributed by atoms with Crippen LogP contribution in [-0.4, -0.2) is 16.2 Å². The molecule has 0 aromatic rings. The molecule has 1 nitrogen and oxygen atoms in total. The summed E-state index contributed by atoms with van der Waals surface area (Å²) < 4.78 is 0. The highest BCUT2D eigenvalue weighted by molar-refractivity contribution is 8.00. The van der Waals surface area contributed by atoms with E-state index in [1.54, 1.807) is 11.8 Å². The lowest BCUT2D eigenvalue weighted by molar-refractivity contribution is -0.109. The van der Waals surface area contributed by atoms with Crippen LogP contribution in [0.5, 0.6) is 0 Å². The average Bonchev–Trinajstić information content (AvgIpc) is 1.83. The van der Waals surface area contributed by atoms with E-state index in [1.165, 1.54) is 0 Å². The molecule has 0 N–H and O–H groups in total. The lowest BCUT2D eigenvalue weighted by atomic mass is 10.4. The highest BCUT2D eigenvalue weighted by Gasteiger charge is 2.01. The molecule has 0 saturated carbocycles. The van der Waals surface area contributed by atoms with Crippen LogP contribution in [0.1, 0.15) is 20.3 Å². The maximum atomic E-state index is 10.2. The SMILES string of the molecule is CCC(C)SCC(=O)Cl. The molecular formula is C6H11ClOS. The van der Waals surface area contributed by atoms with Gasteiger partial charge >= 0.3 is 0 Å². The normalized spacial score (nSPS) is 13.2. The number of carbonyl (C=O) groups is 1. The first-order valence-electron chi connectivity index (χ1n) is 2.96. The maximum Gasteiger partial charge on any atom is 0.231 e. The summed E-state index contributed by atoms with van der Waals surface area (Å²) in [5.41, 5.74) is 0. The Kier molecular flexibility index (Phi) is 5.30. The highest BCUT2D eigenvalue weighted by Crippen LogP contribution is 2.13. The minimum absolute atomic E-state index is 0.250. The third-order valence-electron chi connectivity index (χ3n) is 1.06. The number of hydrogen-bond acceptors (Lipinski definition) is 2. The van der Waals surface area contributed by atoms with Gasteiger partial charge in [0.1, 0.15) is 0 Å². The largest absolute Gasteiger partial charge is 0.280 e. The number of halogens is 1. The van der Waals surface area contributed by atoms with Crippen LogP contribution < -0.4 is 0 Å². The maximum absolute atomic E-state index is 10.2. The molecule has 1 unspecified atom stereocenters. The molecule has 0 aliphatic carbocycles. The summed E-state index contributed by atoms with van der Waals surface area (Å²) in [6.45, 7) is 4.18. The van der Waals surface area contributed by atoms with E-state index in [2.05, 4.69) is 13.8 Å². The molecule has 0 saturated heterocycles. The first-order chi connectivity index (χ1) is 4.16. The second kappa shape index (κ2) is 5.12. The summed E-state index contributed by atoms with van der Waals surface area (Å²) in [5, 5.41) is 0.299. The zero-order valence-corrected chi connectivity index (χ0v) is 7.26. The van der Waals surface area contributed by atoms with Crippen LogP contribution in [0.25, 0.3) is 0 Å². The lowest BCUT2D eigenvalue weighted by Crippen LogP contribution is -1.98. The zero-order chi connectivity index (χ0) is 7.28. The second-order valence-corrected chi connectivity index (χ2v) is 3.73. The van der Waals surface area contributed by atoms with Crippen molar-refractivity contribution in [1.82, 2.24) is 0 Å². The minimum Gasteiger partial charge on any atom is -0.280 e. The van der Waals surface area contributed by atoms with E-state index in [-0.39, 0.29) is 5.24 Å². The summed E-state index contributed by atoms with van der Waals surface area (Å²) in [6, 6.07) is 0. The van der Waals surface area contributed by atoms with E-state index in [1.807, 2.05) is 0 Å². The molecule has 0 bridgehead atoms. The van der Waals surface area contributed by atoms with E-state index >= 15 is 0 Å². The Morgan fingerprint density at radius 3 is 2.67 bits per heavy atom. The average molecular weight is 167 g/mol. The van der Waals surface area contributed by atoms with Crippen LogP contribution in [0, 0.1) is 0 Å². The molecule has 0 aromatic carbocycles. The molecule has 0 aliphatic rings. The van der Waals surface area contributed by atoms with Gasteiger partial charge in [-0.05, 0) is 18.0 Å². The summed E-state index contributed by atoms with van der Waals surface area (Å²) in [4.78, 5) is 10.2. The minimum atomic E-state index is -0.250. The smallest absolute Gasteiger partial charge is 0.231 e. The molecule has 0 radical (unpaired) electrons. The first-order valence-corrected chi connectivity index (χ1v) is 4.39. The Morgan fingerprint density at radius 2 is 2.33 bits per heavy atom. The van der Waals surface area contributed by atoms with E-state index < -0.39 is 0 Å². The van der Waals surface area contributed by atoms with Crippen molar-refractivity contribution in [3.05, 3.63) is 0 Å². The predicted molar refractivity (Wildman–Crippen MR) is 43.1 cm³/mol. The fourth-order valence-electron chi connectivity index (χ4n) is 0.326. The summed E-state index contributed by atoms with van der Waals surface area (Å²) in [5.74, 6) is 0.441. The van der Waals surface area contributed by atoms with E-state index in [4.69, 9.17) is 11.6 Å². The van der Waals surface area contributed by atoms with Crippen molar-refractivity contribution in [3.8, 4) is 0 Å². The van der Waals surface area contributed by atoms with Crippen molar-refractivity contribution in [1.29, 1.82) is 0 Å². The predicted octanol–water partition coefficient (Wildman–Crippen LogP) is 2.28. The molecule has 0 spiro atoms. The van der Waals surface area contributed by atoms with Crippen LogP contribution in [0.15, 0.2) is 0 Å². The summed E-state index contributed by atoms with van der Waals surface area (Å²) in [7, 11) is 0. The van der Waals surface area contributed by atoms with E-state index in [0.717, 1.165) is 6.42 Å². The van der Waals surface area contributed by atoms with Gasteiger partial charge in [0.2, 0.25) is 5.24 Å². The van der Waals surface area contributed by atoms with Gasteiger partial charge in [0.05, 0.1) is 5.75 Å². The van der Waals surface area contributed by atoms with Crippen LogP contribution >= 0.6 is 23.4 Å². The Labute approximate surface area is 65.2 Å². The van der Waals surface area contributed by atoms with Crippen LogP contribution in [0.3, 0.4) is 0 Å². The van der Waals surface area contributed by atoms with Gasteiger partial charge in [0.15, 0.2) is 0 Å². The second-order valence-electron chi connectivity index (χ2n) is 1.88. The molecule has 0 aromatic heterocycles. The van der Waals surface area contributed by atoms with Crippen molar-refractivity contribution in [2.75, 3.05) is 5.75 Å². The monoisotopic (exact) mass is 166 g/mol. The lowest BCUT2D eigenvalue weighted by Gasteiger charge is -2.03. The molecule has 0 fully saturated rings. The molecule has 54 valence electrons. The Bertz CT molecular complexity index is 95.1. The number of thioether (sulfide) groups is 1. The molecule has 0 aliphatic heterocycles. The van der Waals surface area contributed by atoms with Crippen molar-refractivity contribution >= 4 is 28.6 Å². The van der Waals surface area contributed by atoms with Gasteiger partial charge < -0.3 is 0 Å². The zero-order valence-electron chi connectivity index (χ0n) is 5.69. The molecule has 0 rings (SSSR count). The highest BCUT2D eigenvalue weighted by atomic mass is 35.5. The van der Waals surface area contributed by atoms with Gasteiger partial charge in [-0.2, -0.15) is 0 Å². The Morgan fingerprint density at radius 1 is 1.78 bits per heavy atom. The Hall–Kier alpha value is 0.310. The summed E-state index contributed by atoms with van der Waals surface area (Å²) in [6.07, 6.45) is 1.09. The topological polar surface area (TPSA) is 17.1 Å². The fraction of sp³-hybridized carbons (Fsp3) is 0.833. The van der Waals surface area contributed by atoms with Gasteiger partial charge in [-0.25, -0.2) is 0 Å². The molecule has 0 heterocycles. The molecular weight excluding hydrogens is 156 g/mol. The van der Waals surface area contributed by atoms with Crippen LogP contribution in [0.4, 0.5) is 0 Å². The van der Waals surface area contributed by atoms with Gasteiger partial charge in [-0.3, -0.25) is 4.79 Å². The molecule has 0 amide bonds. The van der Waals surface area contributed by atoms with Gasteiger partial charge in [-0.15, -0.1) is 11.8 Å². The van der Waals surface area contributed by atoms with Gasteiger partial charge in [0, 0.05) is 5.25 Å². The first kappa shape index (κ1) is 9.31. The van der Waals surface area contributed by atoms with Crippen molar-refractivity contribution in [2.24, 2.45) is 0 Å².